The van der Waals surface area contributed by atoms with Gasteiger partial charge in [-0.2, -0.15) is 0 Å². The fourth-order valence-electron chi connectivity index (χ4n) is 2.97. The van der Waals surface area contributed by atoms with Gasteiger partial charge >= 0.3 is 6.09 Å². The molecule has 0 fully saturated rings. The minimum atomic E-state index is -0.916. The standard InChI is InChI=1S/C23H35N5O6/c1-15(20(30)24-4)27-22(32)19(28-21(31)16(2)26-17(3)29)12-8-9-13-25-23(33)34-14-18-10-6-5-7-11-18/h5-7,10-11,15-16,19H,8-9,12-14H2,1-4H3,(H,24,30)(H,25,33)(H,26,29)(H,27,32)(H,28,31)/t15-,16-,19-/m0/s1. The highest BCUT2D eigenvalue weighted by molar-refractivity contribution is 5.93. The zero-order valence-electron chi connectivity index (χ0n) is 20.1. The van der Waals surface area contributed by atoms with E-state index in [9.17, 15) is 24.0 Å². The molecule has 0 aliphatic heterocycles. The monoisotopic (exact) mass is 477 g/mol. The molecule has 34 heavy (non-hydrogen) atoms. The van der Waals surface area contributed by atoms with Gasteiger partial charge in [-0.1, -0.05) is 30.3 Å². The third-order valence-corrected chi connectivity index (χ3v) is 4.85. The molecule has 3 atom stereocenters. The molecule has 0 aliphatic rings. The Morgan fingerprint density at radius 2 is 1.50 bits per heavy atom. The zero-order valence-corrected chi connectivity index (χ0v) is 20.1. The Hall–Kier alpha value is -3.63. The number of benzene rings is 1. The van der Waals surface area contributed by atoms with E-state index in [4.69, 9.17) is 4.74 Å². The van der Waals surface area contributed by atoms with Gasteiger partial charge in [0.2, 0.25) is 23.6 Å². The number of rotatable bonds is 13. The van der Waals surface area contributed by atoms with E-state index in [0.717, 1.165) is 5.56 Å². The largest absolute Gasteiger partial charge is 0.445 e. The lowest BCUT2D eigenvalue weighted by atomic mass is 10.1. The van der Waals surface area contributed by atoms with Crippen molar-refractivity contribution in [3.05, 3.63) is 35.9 Å². The van der Waals surface area contributed by atoms with Crippen LogP contribution in [0, 0.1) is 0 Å². The van der Waals surface area contributed by atoms with Crippen molar-refractivity contribution >= 4 is 29.7 Å². The van der Waals surface area contributed by atoms with Crippen molar-refractivity contribution in [1.29, 1.82) is 0 Å². The van der Waals surface area contributed by atoms with Gasteiger partial charge < -0.3 is 31.3 Å². The molecule has 0 spiro atoms. The van der Waals surface area contributed by atoms with Crippen molar-refractivity contribution in [1.82, 2.24) is 26.6 Å². The molecule has 0 saturated heterocycles. The summed E-state index contributed by atoms with van der Waals surface area (Å²) in [5, 5.41) is 12.7. The second-order valence-corrected chi connectivity index (χ2v) is 7.81. The van der Waals surface area contributed by atoms with Gasteiger partial charge in [-0.15, -0.1) is 0 Å². The van der Waals surface area contributed by atoms with Crippen LogP contribution in [0.4, 0.5) is 4.79 Å². The molecule has 0 unspecified atom stereocenters. The van der Waals surface area contributed by atoms with Crippen molar-refractivity contribution in [2.24, 2.45) is 0 Å². The summed E-state index contributed by atoms with van der Waals surface area (Å²) in [5.74, 6) is -1.79. The van der Waals surface area contributed by atoms with Crippen LogP contribution in [0.25, 0.3) is 0 Å². The van der Waals surface area contributed by atoms with Crippen molar-refractivity contribution < 1.29 is 28.7 Å². The maximum Gasteiger partial charge on any atom is 0.407 e. The van der Waals surface area contributed by atoms with Crippen molar-refractivity contribution in [3.63, 3.8) is 0 Å². The van der Waals surface area contributed by atoms with Gasteiger partial charge in [0, 0.05) is 20.5 Å². The van der Waals surface area contributed by atoms with Gasteiger partial charge in [-0.05, 0) is 38.7 Å². The number of amides is 5. The van der Waals surface area contributed by atoms with E-state index < -0.39 is 36.0 Å². The van der Waals surface area contributed by atoms with E-state index in [1.807, 2.05) is 30.3 Å². The molecular weight excluding hydrogens is 442 g/mol. The summed E-state index contributed by atoms with van der Waals surface area (Å²) < 4.78 is 5.14. The first-order chi connectivity index (χ1) is 16.1. The molecule has 11 heteroatoms. The average Bonchev–Trinajstić information content (AvgIpc) is 2.81. The van der Waals surface area contributed by atoms with Crippen LogP contribution >= 0.6 is 0 Å². The van der Waals surface area contributed by atoms with Gasteiger partial charge in [0.1, 0.15) is 24.7 Å². The minimum absolute atomic E-state index is 0.164. The summed E-state index contributed by atoms with van der Waals surface area (Å²) in [5.41, 5.74) is 0.877. The van der Waals surface area contributed by atoms with Crippen molar-refractivity contribution in [2.75, 3.05) is 13.6 Å². The van der Waals surface area contributed by atoms with Crippen LogP contribution in [0.15, 0.2) is 30.3 Å². The van der Waals surface area contributed by atoms with E-state index >= 15 is 0 Å². The van der Waals surface area contributed by atoms with Gasteiger partial charge in [0.25, 0.3) is 0 Å². The van der Waals surface area contributed by atoms with Crippen LogP contribution < -0.4 is 26.6 Å². The normalized spacial score (nSPS) is 12.9. The first-order valence-corrected chi connectivity index (χ1v) is 11.2. The van der Waals surface area contributed by atoms with E-state index in [1.54, 1.807) is 0 Å². The molecular formula is C23H35N5O6. The van der Waals surface area contributed by atoms with Gasteiger partial charge in [-0.25, -0.2) is 4.79 Å². The fraction of sp³-hybridized carbons (Fsp3) is 0.522. The van der Waals surface area contributed by atoms with Crippen LogP contribution in [0.3, 0.4) is 0 Å². The number of carbonyl (C=O) groups excluding carboxylic acids is 5. The molecule has 1 aromatic rings. The predicted octanol–water partition coefficient (Wildman–Crippen LogP) is 0.343. The molecule has 0 heterocycles. The lowest BCUT2D eigenvalue weighted by Crippen LogP contribution is -2.55. The highest BCUT2D eigenvalue weighted by Crippen LogP contribution is 2.04. The molecule has 5 N–H and O–H groups in total. The molecule has 5 amide bonds. The number of alkyl carbamates (subject to hydrolysis) is 1. The Kier molecular flexibility index (Phi) is 12.7. The van der Waals surface area contributed by atoms with E-state index in [1.165, 1.54) is 27.8 Å². The summed E-state index contributed by atoms with van der Waals surface area (Å²) in [6.07, 6.45) is 0.757. The Morgan fingerprint density at radius 1 is 0.853 bits per heavy atom. The maximum atomic E-state index is 12.7. The SMILES string of the molecule is CNC(=O)[C@H](C)NC(=O)[C@H](CCCCNC(=O)OCc1ccccc1)NC(=O)[C@H](C)NC(C)=O. The fourth-order valence-corrected chi connectivity index (χ4v) is 2.97. The smallest absolute Gasteiger partial charge is 0.407 e. The van der Waals surface area contributed by atoms with Crippen LogP contribution in [0.5, 0.6) is 0 Å². The van der Waals surface area contributed by atoms with Crippen molar-refractivity contribution in [3.8, 4) is 0 Å². The van der Waals surface area contributed by atoms with Gasteiger partial charge in [0.15, 0.2) is 0 Å². The lowest BCUT2D eigenvalue weighted by Gasteiger charge is -2.22. The summed E-state index contributed by atoms with van der Waals surface area (Å²) in [7, 11) is 1.46. The van der Waals surface area contributed by atoms with E-state index in [0.29, 0.717) is 19.4 Å². The molecule has 0 radical (unpaired) electrons. The number of ether oxygens (including phenoxy) is 1. The van der Waals surface area contributed by atoms with Crippen LogP contribution in [-0.4, -0.2) is 61.4 Å². The van der Waals surface area contributed by atoms with Crippen LogP contribution in [0.1, 0.15) is 45.6 Å². The quantitative estimate of drug-likeness (QED) is 0.258. The number of unbranched alkanes of at least 4 members (excludes halogenated alkanes) is 1. The number of carbonyl (C=O) groups is 5. The van der Waals surface area contributed by atoms with Gasteiger partial charge in [-0.3, -0.25) is 19.2 Å². The third kappa shape index (κ3) is 11.3. The zero-order chi connectivity index (χ0) is 25.5. The highest BCUT2D eigenvalue weighted by atomic mass is 16.5. The minimum Gasteiger partial charge on any atom is -0.445 e. The molecule has 0 aliphatic carbocycles. The van der Waals surface area contributed by atoms with Crippen molar-refractivity contribution in [2.45, 2.75) is 64.8 Å². The number of hydrogen-bond acceptors (Lipinski definition) is 6. The third-order valence-electron chi connectivity index (χ3n) is 4.85. The Labute approximate surface area is 199 Å². The summed E-state index contributed by atoms with van der Waals surface area (Å²) in [4.78, 5) is 59.8. The lowest BCUT2D eigenvalue weighted by molar-refractivity contribution is -0.133. The second-order valence-electron chi connectivity index (χ2n) is 7.81. The number of hydrogen-bond donors (Lipinski definition) is 5. The summed E-state index contributed by atoms with van der Waals surface area (Å²) >= 11 is 0. The number of nitrogens with one attached hydrogen (secondary N) is 5. The Balaban J connectivity index is 2.52. The average molecular weight is 478 g/mol. The topological polar surface area (TPSA) is 155 Å². The second kappa shape index (κ2) is 15.3. The van der Waals surface area contributed by atoms with Crippen LogP contribution in [-0.2, 0) is 30.5 Å². The number of likely N-dealkylation sites (N-methyl/N-ethyl adjacent to an activating group) is 1. The first kappa shape index (κ1) is 28.4. The molecule has 1 aromatic carbocycles. The first-order valence-electron chi connectivity index (χ1n) is 11.2. The Morgan fingerprint density at radius 3 is 2.12 bits per heavy atom. The molecule has 188 valence electrons. The molecule has 0 bridgehead atoms. The molecule has 1 rings (SSSR count). The highest BCUT2D eigenvalue weighted by Gasteiger charge is 2.25. The van der Waals surface area contributed by atoms with E-state index in [-0.39, 0.29) is 24.8 Å². The van der Waals surface area contributed by atoms with E-state index in [2.05, 4.69) is 26.6 Å². The van der Waals surface area contributed by atoms with Gasteiger partial charge in [0.05, 0.1) is 0 Å². The predicted molar refractivity (Wildman–Crippen MR) is 125 cm³/mol. The maximum absolute atomic E-state index is 12.7. The molecule has 11 nitrogen and oxygen atoms in total. The summed E-state index contributed by atoms with van der Waals surface area (Å²) in [6, 6.07) is 6.76. The van der Waals surface area contributed by atoms with Crippen LogP contribution in [0.2, 0.25) is 0 Å². The molecule has 0 saturated carbocycles. The molecule has 0 aromatic heterocycles. The Bertz CT molecular complexity index is 832. The summed E-state index contributed by atoms with van der Waals surface area (Å²) in [6.45, 7) is 4.81.